The maximum atomic E-state index is 4.01. The van der Waals surface area contributed by atoms with Gasteiger partial charge in [-0.1, -0.05) is 13.8 Å². The number of H-pyrrole nitrogens is 1. The molecule has 0 bridgehead atoms. The highest BCUT2D eigenvalue weighted by Gasteiger charge is 2.21. The van der Waals surface area contributed by atoms with Gasteiger partial charge in [0.2, 0.25) is 0 Å². The monoisotopic (exact) mass is 250 g/mol. The first kappa shape index (κ1) is 13.6. The van der Waals surface area contributed by atoms with Crippen LogP contribution in [0.25, 0.3) is 0 Å². The Balaban J connectivity index is 1.73. The first-order chi connectivity index (χ1) is 8.65. The molecular weight excluding hydrogens is 224 g/mol. The van der Waals surface area contributed by atoms with Crippen LogP contribution in [0.2, 0.25) is 0 Å². The van der Waals surface area contributed by atoms with Crippen LogP contribution in [0.1, 0.15) is 45.2 Å². The van der Waals surface area contributed by atoms with Crippen LogP contribution in [-0.4, -0.2) is 40.8 Å². The highest BCUT2D eigenvalue weighted by molar-refractivity contribution is 5.08. The molecule has 1 aliphatic heterocycles. The van der Waals surface area contributed by atoms with E-state index in [0.717, 1.165) is 5.92 Å². The summed E-state index contributed by atoms with van der Waals surface area (Å²) in [5.74, 6) is 0.777. The van der Waals surface area contributed by atoms with Crippen molar-refractivity contribution in [3.05, 3.63) is 18.0 Å². The normalized spacial score (nSPS) is 20.4. The van der Waals surface area contributed by atoms with Crippen molar-refractivity contribution >= 4 is 0 Å². The van der Waals surface area contributed by atoms with Crippen molar-refractivity contribution in [1.82, 2.24) is 20.4 Å². The molecule has 1 aliphatic rings. The van der Waals surface area contributed by atoms with Gasteiger partial charge in [0.1, 0.15) is 0 Å². The number of rotatable bonds is 5. The molecule has 0 aliphatic carbocycles. The van der Waals surface area contributed by atoms with Crippen LogP contribution in [0.5, 0.6) is 0 Å². The Morgan fingerprint density at radius 1 is 1.39 bits per heavy atom. The molecule has 1 saturated heterocycles. The Morgan fingerprint density at radius 3 is 2.67 bits per heavy atom. The Morgan fingerprint density at radius 2 is 2.11 bits per heavy atom. The van der Waals surface area contributed by atoms with E-state index in [0.29, 0.717) is 12.1 Å². The molecule has 1 unspecified atom stereocenters. The second-order valence-corrected chi connectivity index (χ2v) is 5.89. The summed E-state index contributed by atoms with van der Waals surface area (Å²) in [5, 5.41) is 10.6. The third-order valence-electron chi connectivity index (χ3n) is 3.72. The Hall–Kier alpha value is -0.870. The number of piperidine rings is 1. The lowest BCUT2D eigenvalue weighted by Gasteiger charge is -2.34. The highest BCUT2D eigenvalue weighted by atomic mass is 15.1. The van der Waals surface area contributed by atoms with Gasteiger partial charge in [0.25, 0.3) is 0 Å². The second-order valence-electron chi connectivity index (χ2n) is 5.89. The molecule has 0 aromatic carbocycles. The number of hydrogen-bond acceptors (Lipinski definition) is 3. The first-order valence-electron chi connectivity index (χ1n) is 7.12. The fourth-order valence-electron chi connectivity index (χ4n) is 2.75. The van der Waals surface area contributed by atoms with Gasteiger partial charge in [0.05, 0.1) is 6.20 Å². The predicted molar refractivity (Wildman–Crippen MR) is 74.4 cm³/mol. The van der Waals surface area contributed by atoms with E-state index in [9.17, 15) is 0 Å². The summed E-state index contributed by atoms with van der Waals surface area (Å²) in [7, 11) is 0. The van der Waals surface area contributed by atoms with Gasteiger partial charge in [-0.15, -0.1) is 0 Å². The molecule has 0 saturated carbocycles. The van der Waals surface area contributed by atoms with Crippen LogP contribution in [0.3, 0.4) is 0 Å². The average Bonchev–Trinajstić information content (AvgIpc) is 2.84. The molecule has 102 valence electrons. The smallest absolute Gasteiger partial charge is 0.0534 e. The van der Waals surface area contributed by atoms with Crippen LogP contribution in [0.15, 0.2) is 12.4 Å². The van der Waals surface area contributed by atoms with E-state index in [-0.39, 0.29) is 0 Å². The van der Waals surface area contributed by atoms with Crippen LogP contribution >= 0.6 is 0 Å². The van der Waals surface area contributed by atoms with Gasteiger partial charge in [0.15, 0.2) is 0 Å². The van der Waals surface area contributed by atoms with E-state index in [1.165, 1.54) is 38.0 Å². The van der Waals surface area contributed by atoms with Crippen LogP contribution in [-0.2, 0) is 0 Å². The zero-order chi connectivity index (χ0) is 13.0. The minimum atomic E-state index is 0.394. The zero-order valence-electron chi connectivity index (χ0n) is 11.8. The summed E-state index contributed by atoms with van der Waals surface area (Å²) in [6.45, 7) is 10.5. The van der Waals surface area contributed by atoms with Gasteiger partial charge in [-0.25, -0.2) is 0 Å². The molecule has 2 heterocycles. The van der Waals surface area contributed by atoms with E-state index in [1.807, 2.05) is 12.4 Å². The molecule has 4 nitrogen and oxygen atoms in total. The molecular formula is C14H26N4. The number of nitrogens with zero attached hydrogens (tertiary/aromatic N) is 2. The van der Waals surface area contributed by atoms with E-state index in [2.05, 4.69) is 41.2 Å². The lowest BCUT2D eigenvalue weighted by molar-refractivity contribution is 0.175. The summed E-state index contributed by atoms with van der Waals surface area (Å²) >= 11 is 0. The average molecular weight is 250 g/mol. The Labute approximate surface area is 110 Å². The fraction of sp³-hybridized carbons (Fsp3) is 0.786. The van der Waals surface area contributed by atoms with Gasteiger partial charge in [-0.3, -0.25) is 5.10 Å². The quantitative estimate of drug-likeness (QED) is 0.842. The molecule has 4 heteroatoms. The molecule has 2 rings (SSSR count). The zero-order valence-corrected chi connectivity index (χ0v) is 11.8. The Kier molecular flexibility index (Phi) is 4.78. The summed E-state index contributed by atoms with van der Waals surface area (Å²) in [5.41, 5.74) is 1.25. The maximum Gasteiger partial charge on any atom is 0.0534 e. The molecule has 1 aromatic rings. The van der Waals surface area contributed by atoms with Gasteiger partial charge in [-0.2, -0.15) is 5.10 Å². The van der Waals surface area contributed by atoms with Gasteiger partial charge in [-0.05, 0) is 38.8 Å². The summed E-state index contributed by atoms with van der Waals surface area (Å²) in [4.78, 5) is 2.59. The molecule has 0 spiro atoms. The van der Waals surface area contributed by atoms with E-state index in [1.54, 1.807) is 0 Å². The maximum absolute atomic E-state index is 4.01. The summed E-state index contributed by atoms with van der Waals surface area (Å²) in [6, 6.07) is 1.05. The number of hydrogen-bond donors (Lipinski definition) is 2. The molecule has 0 radical (unpaired) electrons. The van der Waals surface area contributed by atoms with Crippen molar-refractivity contribution in [3.8, 4) is 0 Å². The second kappa shape index (κ2) is 6.34. The van der Waals surface area contributed by atoms with Crippen LogP contribution < -0.4 is 5.32 Å². The van der Waals surface area contributed by atoms with Crippen molar-refractivity contribution in [2.45, 2.75) is 45.7 Å². The standard InChI is InChI=1S/C14H26N4/c1-11(2)10-18-6-4-14(5-7-18)17-12(3)13-8-15-16-9-13/h8-9,11-12,14,17H,4-7,10H2,1-3H3,(H,15,16). The first-order valence-corrected chi connectivity index (χ1v) is 7.12. The number of aromatic nitrogens is 2. The summed E-state index contributed by atoms with van der Waals surface area (Å²) in [6.07, 6.45) is 6.40. The van der Waals surface area contributed by atoms with Crippen molar-refractivity contribution in [2.75, 3.05) is 19.6 Å². The van der Waals surface area contributed by atoms with Crippen molar-refractivity contribution in [2.24, 2.45) is 5.92 Å². The van der Waals surface area contributed by atoms with Crippen LogP contribution in [0, 0.1) is 5.92 Å². The Bertz CT molecular complexity index is 326. The molecule has 1 atom stereocenters. The van der Waals surface area contributed by atoms with E-state index in [4.69, 9.17) is 0 Å². The fourth-order valence-corrected chi connectivity index (χ4v) is 2.75. The number of nitrogens with one attached hydrogen (secondary N) is 2. The van der Waals surface area contributed by atoms with Crippen LogP contribution in [0.4, 0.5) is 0 Å². The third kappa shape index (κ3) is 3.82. The van der Waals surface area contributed by atoms with E-state index >= 15 is 0 Å². The predicted octanol–water partition coefficient (Wildman–Crippen LogP) is 2.18. The molecule has 1 aromatic heterocycles. The van der Waals surface area contributed by atoms with Crippen molar-refractivity contribution in [1.29, 1.82) is 0 Å². The third-order valence-corrected chi connectivity index (χ3v) is 3.72. The molecule has 18 heavy (non-hydrogen) atoms. The van der Waals surface area contributed by atoms with Gasteiger partial charge >= 0.3 is 0 Å². The van der Waals surface area contributed by atoms with Gasteiger partial charge in [0, 0.05) is 30.4 Å². The number of likely N-dealkylation sites (tertiary alicyclic amines) is 1. The largest absolute Gasteiger partial charge is 0.307 e. The van der Waals surface area contributed by atoms with Crippen molar-refractivity contribution < 1.29 is 0 Å². The van der Waals surface area contributed by atoms with E-state index < -0.39 is 0 Å². The molecule has 2 N–H and O–H groups in total. The lowest BCUT2D eigenvalue weighted by Crippen LogP contribution is -2.44. The minimum Gasteiger partial charge on any atom is -0.307 e. The SMILES string of the molecule is CC(C)CN1CCC(NC(C)c2cn[nH]c2)CC1. The van der Waals surface area contributed by atoms with Gasteiger partial charge < -0.3 is 10.2 Å². The minimum absolute atomic E-state index is 0.394. The lowest BCUT2D eigenvalue weighted by atomic mass is 10.0. The molecule has 1 fully saturated rings. The number of aromatic amines is 1. The summed E-state index contributed by atoms with van der Waals surface area (Å²) < 4.78 is 0. The molecule has 0 amide bonds. The van der Waals surface area contributed by atoms with Crippen molar-refractivity contribution in [3.63, 3.8) is 0 Å². The topological polar surface area (TPSA) is 44.0 Å². The highest BCUT2D eigenvalue weighted by Crippen LogP contribution is 2.17.